The second kappa shape index (κ2) is 9.59. The van der Waals surface area contributed by atoms with Crippen molar-refractivity contribution in [3.63, 3.8) is 0 Å². The molecule has 2 aromatic carbocycles. The topological polar surface area (TPSA) is 48.5 Å². The van der Waals surface area contributed by atoms with Gasteiger partial charge in [-0.05, 0) is 66.0 Å². The Morgan fingerprint density at radius 1 is 1.12 bits per heavy atom. The van der Waals surface area contributed by atoms with Crippen molar-refractivity contribution in [1.82, 2.24) is 14.6 Å². The van der Waals surface area contributed by atoms with Crippen molar-refractivity contribution in [2.24, 2.45) is 0 Å². The number of fused-ring (bicyclic) bond motifs is 2. The predicted molar refractivity (Wildman–Crippen MR) is 133 cm³/mol. The van der Waals surface area contributed by atoms with E-state index in [9.17, 15) is 4.79 Å². The number of aryl methyl sites for hydroxylation is 1. The van der Waals surface area contributed by atoms with Crippen LogP contribution in [0.5, 0.6) is 0 Å². The number of carbonyl (C=O) groups is 1. The SMILES string of the molecule is CCC(=O)NC1CCc2cc(CCN3CCN(c4nsc5ccccc45)CC3)ccc2C1. The van der Waals surface area contributed by atoms with Gasteiger partial charge in [0.15, 0.2) is 0 Å². The second-order valence-corrected chi connectivity index (χ2v) is 9.85. The molecule has 168 valence electrons. The van der Waals surface area contributed by atoms with E-state index in [0.717, 1.165) is 64.2 Å². The lowest BCUT2D eigenvalue weighted by atomic mass is 9.86. The molecule has 1 saturated heterocycles. The fourth-order valence-electron chi connectivity index (χ4n) is 4.99. The number of carbonyl (C=O) groups excluding carboxylic acids is 1. The lowest BCUT2D eigenvalue weighted by Crippen LogP contribution is -2.47. The quantitative estimate of drug-likeness (QED) is 0.618. The maximum atomic E-state index is 11.7. The summed E-state index contributed by atoms with van der Waals surface area (Å²) in [5, 5.41) is 4.45. The van der Waals surface area contributed by atoms with E-state index in [1.807, 2.05) is 6.92 Å². The Morgan fingerprint density at radius 3 is 2.81 bits per heavy atom. The van der Waals surface area contributed by atoms with Crippen molar-refractivity contribution in [3.8, 4) is 0 Å². The molecule has 2 heterocycles. The monoisotopic (exact) mass is 448 g/mol. The summed E-state index contributed by atoms with van der Waals surface area (Å²) >= 11 is 1.61. The van der Waals surface area contributed by atoms with Crippen LogP contribution in [0.3, 0.4) is 0 Å². The standard InChI is InChI=1S/C26H32N4OS/c1-2-25(31)27-22-10-9-20-17-19(7-8-21(20)18-22)11-12-29-13-15-30(16-14-29)26-23-5-3-4-6-24(23)32-28-26/h3-8,17,22H,2,9-16,18H2,1H3,(H,27,31). The Labute approximate surface area is 194 Å². The predicted octanol–water partition coefficient (Wildman–Crippen LogP) is 4.04. The Balaban J connectivity index is 1.13. The summed E-state index contributed by atoms with van der Waals surface area (Å²) < 4.78 is 6.00. The smallest absolute Gasteiger partial charge is 0.219 e. The van der Waals surface area contributed by atoms with E-state index in [1.54, 1.807) is 11.5 Å². The number of hydrogen-bond donors (Lipinski definition) is 1. The average molecular weight is 449 g/mol. The minimum atomic E-state index is 0.165. The Hall–Kier alpha value is -2.44. The minimum Gasteiger partial charge on any atom is -0.353 e. The maximum Gasteiger partial charge on any atom is 0.219 e. The molecule has 1 aliphatic heterocycles. The van der Waals surface area contributed by atoms with Gasteiger partial charge in [-0.2, -0.15) is 4.37 Å². The molecule has 0 bridgehead atoms. The van der Waals surface area contributed by atoms with Gasteiger partial charge in [-0.25, -0.2) is 0 Å². The van der Waals surface area contributed by atoms with Crippen LogP contribution in [-0.4, -0.2) is 53.9 Å². The largest absolute Gasteiger partial charge is 0.353 e. The first kappa shape index (κ1) is 21.4. The van der Waals surface area contributed by atoms with E-state index in [2.05, 4.69) is 57.6 Å². The van der Waals surface area contributed by atoms with E-state index >= 15 is 0 Å². The third-order valence-corrected chi connectivity index (χ3v) is 7.75. The number of nitrogens with one attached hydrogen (secondary N) is 1. The van der Waals surface area contributed by atoms with Crippen LogP contribution in [0.2, 0.25) is 0 Å². The van der Waals surface area contributed by atoms with Crippen molar-refractivity contribution in [2.45, 2.75) is 45.1 Å². The van der Waals surface area contributed by atoms with Crippen LogP contribution in [0.1, 0.15) is 36.5 Å². The molecule has 1 aromatic heterocycles. The number of piperazine rings is 1. The van der Waals surface area contributed by atoms with Gasteiger partial charge in [-0.3, -0.25) is 9.69 Å². The molecule has 1 aliphatic carbocycles. The number of nitrogens with zero attached hydrogens (tertiary/aromatic N) is 3. The van der Waals surface area contributed by atoms with Gasteiger partial charge in [0.2, 0.25) is 5.91 Å². The van der Waals surface area contributed by atoms with Gasteiger partial charge < -0.3 is 10.2 Å². The molecule has 1 atom stereocenters. The van der Waals surface area contributed by atoms with Gasteiger partial charge in [0.25, 0.3) is 0 Å². The molecule has 2 aliphatic rings. The summed E-state index contributed by atoms with van der Waals surface area (Å²) in [4.78, 5) is 16.7. The highest BCUT2D eigenvalue weighted by Gasteiger charge is 2.22. The maximum absolute atomic E-state index is 11.7. The normalized spacial score (nSPS) is 19.2. The highest BCUT2D eigenvalue weighted by Crippen LogP contribution is 2.30. The van der Waals surface area contributed by atoms with E-state index in [0.29, 0.717) is 12.5 Å². The van der Waals surface area contributed by atoms with Crippen LogP contribution < -0.4 is 10.2 Å². The first-order valence-electron chi connectivity index (χ1n) is 11.9. The van der Waals surface area contributed by atoms with E-state index in [4.69, 9.17) is 4.37 Å². The molecule has 1 N–H and O–H groups in total. The van der Waals surface area contributed by atoms with E-state index < -0.39 is 0 Å². The number of amides is 1. The lowest BCUT2D eigenvalue weighted by Gasteiger charge is -2.35. The summed E-state index contributed by atoms with van der Waals surface area (Å²) in [6, 6.07) is 15.8. The zero-order valence-electron chi connectivity index (χ0n) is 18.8. The van der Waals surface area contributed by atoms with Crippen molar-refractivity contribution in [3.05, 3.63) is 59.2 Å². The fraction of sp³-hybridized carbons (Fsp3) is 0.462. The third-order valence-electron chi connectivity index (χ3n) is 6.93. The molecule has 5 nitrogen and oxygen atoms in total. The zero-order chi connectivity index (χ0) is 21.9. The first-order chi connectivity index (χ1) is 15.7. The van der Waals surface area contributed by atoms with E-state index in [1.165, 1.54) is 26.8 Å². The summed E-state index contributed by atoms with van der Waals surface area (Å²) in [5.74, 6) is 1.33. The van der Waals surface area contributed by atoms with Gasteiger partial charge in [0.1, 0.15) is 5.82 Å². The van der Waals surface area contributed by atoms with Crippen LogP contribution >= 0.6 is 11.5 Å². The van der Waals surface area contributed by atoms with E-state index in [-0.39, 0.29) is 5.91 Å². The summed E-state index contributed by atoms with van der Waals surface area (Å²) in [5.41, 5.74) is 4.32. The highest BCUT2D eigenvalue weighted by atomic mass is 32.1. The van der Waals surface area contributed by atoms with Gasteiger partial charge >= 0.3 is 0 Å². The molecule has 0 spiro atoms. The molecule has 3 aromatic rings. The summed E-state index contributed by atoms with van der Waals surface area (Å²) in [6.07, 6.45) is 4.75. The van der Waals surface area contributed by atoms with Gasteiger partial charge in [-0.1, -0.05) is 37.3 Å². The molecule has 1 unspecified atom stereocenters. The molecule has 1 amide bonds. The molecule has 32 heavy (non-hydrogen) atoms. The van der Waals surface area contributed by atoms with Crippen LogP contribution in [-0.2, 0) is 24.1 Å². The van der Waals surface area contributed by atoms with Crippen LogP contribution in [0.15, 0.2) is 42.5 Å². The zero-order valence-corrected chi connectivity index (χ0v) is 19.7. The molecular formula is C26H32N4OS. The van der Waals surface area contributed by atoms with Crippen molar-refractivity contribution in [1.29, 1.82) is 0 Å². The number of anilines is 1. The average Bonchev–Trinajstić information content (AvgIpc) is 3.27. The summed E-state index contributed by atoms with van der Waals surface area (Å²) in [7, 11) is 0. The van der Waals surface area contributed by atoms with Crippen LogP contribution in [0.4, 0.5) is 5.82 Å². The first-order valence-corrected chi connectivity index (χ1v) is 12.7. The Morgan fingerprint density at radius 2 is 1.97 bits per heavy atom. The lowest BCUT2D eigenvalue weighted by molar-refractivity contribution is -0.121. The van der Waals surface area contributed by atoms with Crippen LogP contribution in [0.25, 0.3) is 10.1 Å². The third kappa shape index (κ3) is 4.66. The molecule has 0 radical (unpaired) electrons. The van der Waals surface area contributed by atoms with Crippen LogP contribution in [0, 0.1) is 0 Å². The second-order valence-electron chi connectivity index (χ2n) is 9.04. The molecule has 0 saturated carbocycles. The number of rotatable bonds is 6. The Kier molecular flexibility index (Phi) is 6.42. The van der Waals surface area contributed by atoms with Crippen molar-refractivity contribution in [2.75, 3.05) is 37.6 Å². The molecule has 1 fully saturated rings. The van der Waals surface area contributed by atoms with Gasteiger partial charge in [0.05, 0.1) is 4.70 Å². The number of benzene rings is 2. The minimum absolute atomic E-state index is 0.165. The number of hydrogen-bond acceptors (Lipinski definition) is 5. The molecule has 5 rings (SSSR count). The molecule has 6 heteroatoms. The van der Waals surface area contributed by atoms with Crippen molar-refractivity contribution < 1.29 is 4.79 Å². The van der Waals surface area contributed by atoms with Crippen molar-refractivity contribution >= 4 is 33.3 Å². The molecular weight excluding hydrogens is 416 g/mol. The van der Waals surface area contributed by atoms with Gasteiger partial charge in [0, 0.05) is 50.6 Å². The van der Waals surface area contributed by atoms with Gasteiger partial charge in [-0.15, -0.1) is 0 Å². The highest BCUT2D eigenvalue weighted by molar-refractivity contribution is 7.13. The Bertz CT molecular complexity index is 1090. The number of aromatic nitrogens is 1. The fourth-order valence-corrected chi connectivity index (χ4v) is 5.78. The summed E-state index contributed by atoms with van der Waals surface area (Å²) in [6.45, 7) is 7.30.